The molecule has 0 spiro atoms. The van der Waals surface area contributed by atoms with Crippen molar-refractivity contribution in [1.82, 2.24) is 5.32 Å². The molecule has 0 aliphatic carbocycles. The van der Waals surface area contributed by atoms with Gasteiger partial charge in [-0.05, 0) is 36.1 Å². The molecular formula is C15H17NO2S. The van der Waals surface area contributed by atoms with Crippen molar-refractivity contribution in [2.75, 3.05) is 13.2 Å². The van der Waals surface area contributed by atoms with E-state index in [1.807, 2.05) is 6.07 Å². The highest BCUT2D eigenvalue weighted by molar-refractivity contribution is 7.10. The second-order valence-electron chi connectivity index (χ2n) is 4.60. The summed E-state index contributed by atoms with van der Waals surface area (Å²) >= 11 is 1.78. The number of benzene rings is 1. The molecule has 19 heavy (non-hydrogen) atoms. The van der Waals surface area contributed by atoms with Gasteiger partial charge in [0.1, 0.15) is 13.2 Å². The van der Waals surface area contributed by atoms with Crippen molar-refractivity contribution in [3.8, 4) is 11.5 Å². The minimum atomic E-state index is 0.369. The fraction of sp³-hybridized carbons (Fsp3) is 0.333. The van der Waals surface area contributed by atoms with Crippen molar-refractivity contribution in [3.05, 3.63) is 46.2 Å². The number of hydrogen-bond donors (Lipinski definition) is 1. The van der Waals surface area contributed by atoms with Gasteiger partial charge >= 0.3 is 0 Å². The molecule has 1 atom stereocenters. The Morgan fingerprint density at radius 2 is 2.05 bits per heavy atom. The Morgan fingerprint density at radius 3 is 2.84 bits per heavy atom. The summed E-state index contributed by atoms with van der Waals surface area (Å²) in [5, 5.41) is 5.63. The molecule has 0 amide bonds. The Bertz CT molecular complexity index is 539. The number of rotatable bonds is 4. The van der Waals surface area contributed by atoms with Gasteiger partial charge in [-0.1, -0.05) is 12.1 Å². The van der Waals surface area contributed by atoms with E-state index in [2.05, 4.69) is 41.9 Å². The molecule has 2 heterocycles. The molecule has 100 valence electrons. The molecule has 1 N–H and O–H groups in total. The van der Waals surface area contributed by atoms with Crippen LogP contribution in [-0.4, -0.2) is 13.2 Å². The van der Waals surface area contributed by atoms with Gasteiger partial charge in [-0.2, -0.15) is 0 Å². The van der Waals surface area contributed by atoms with Gasteiger partial charge in [0.2, 0.25) is 0 Å². The summed E-state index contributed by atoms with van der Waals surface area (Å²) in [5.74, 6) is 1.70. The second kappa shape index (κ2) is 5.63. The van der Waals surface area contributed by atoms with E-state index in [0.717, 1.165) is 18.0 Å². The van der Waals surface area contributed by atoms with E-state index in [9.17, 15) is 0 Å². The van der Waals surface area contributed by atoms with E-state index in [-0.39, 0.29) is 0 Å². The van der Waals surface area contributed by atoms with Crippen molar-refractivity contribution in [1.29, 1.82) is 0 Å². The molecule has 2 aromatic rings. The number of ether oxygens (including phenoxy) is 2. The molecule has 1 aromatic heterocycles. The average molecular weight is 275 g/mol. The van der Waals surface area contributed by atoms with Crippen molar-refractivity contribution >= 4 is 11.3 Å². The average Bonchev–Trinajstić information content (AvgIpc) is 2.99. The van der Waals surface area contributed by atoms with Gasteiger partial charge in [0.15, 0.2) is 11.5 Å². The van der Waals surface area contributed by atoms with Crippen molar-refractivity contribution < 1.29 is 9.47 Å². The summed E-state index contributed by atoms with van der Waals surface area (Å²) in [5.41, 5.74) is 1.22. The molecule has 0 saturated carbocycles. The Morgan fingerprint density at radius 1 is 1.21 bits per heavy atom. The van der Waals surface area contributed by atoms with Crippen LogP contribution >= 0.6 is 11.3 Å². The highest BCUT2D eigenvalue weighted by Crippen LogP contribution is 2.30. The monoisotopic (exact) mass is 275 g/mol. The zero-order valence-corrected chi connectivity index (χ0v) is 11.7. The standard InChI is InChI=1S/C15H17NO2S/c1-11(15-3-2-8-19-15)16-10-12-4-5-13-14(9-12)18-7-6-17-13/h2-5,8-9,11,16H,6-7,10H2,1H3/t11-/m0/s1. The third kappa shape index (κ3) is 2.91. The molecule has 4 heteroatoms. The van der Waals surface area contributed by atoms with Gasteiger partial charge in [0.05, 0.1) is 0 Å². The van der Waals surface area contributed by atoms with Crippen molar-refractivity contribution in [2.24, 2.45) is 0 Å². The molecule has 3 rings (SSSR count). The predicted molar refractivity (Wildman–Crippen MR) is 77.0 cm³/mol. The number of hydrogen-bond acceptors (Lipinski definition) is 4. The Kier molecular flexibility index (Phi) is 3.71. The van der Waals surface area contributed by atoms with Gasteiger partial charge in [0.25, 0.3) is 0 Å². The van der Waals surface area contributed by atoms with E-state index in [1.165, 1.54) is 10.4 Å². The van der Waals surface area contributed by atoms with Gasteiger partial charge in [0, 0.05) is 17.5 Å². The van der Waals surface area contributed by atoms with E-state index >= 15 is 0 Å². The molecule has 0 unspecified atom stereocenters. The van der Waals surface area contributed by atoms with Gasteiger partial charge in [-0.3, -0.25) is 0 Å². The maximum absolute atomic E-state index is 5.59. The van der Waals surface area contributed by atoms with Crippen LogP contribution in [0.15, 0.2) is 35.7 Å². The fourth-order valence-corrected chi connectivity index (χ4v) is 2.87. The van der Waals surface area contributed by atoms with Gasteiger partial charge in [-0.25, -0.2) is 0 Å². The maximum atomic E-state index is 5.59. The molecule has 0 fully saturated rings. The summed E-state index contributed by atoms with van der Waals surface area (Å²) in [4.78, 5) is 1.36. The Hall–Kier alpha value is -1.52. The summed E-state index contributed by atoms with van der Waals surface area (Å²) in [6.07, 6.45) is 0. The second-order valence-corrected chi connectivity index (χ2v) is 5.58. The highest BCUT2D eigenvalue weighted by atomic mass is 32.1. The van der Waals surface area contributed by atoms with Crippen LogP contribution in [0.1, 0.15) is 23.4 Å². The van der Waals surface area contributed by atoms with Crippen LogP contribution in [0, 0.1) is 0 Å². The topological polar surface area (TPSA) is 30.5 Å². The normalized spacial score (nSPS) is 15.2. The first-order valence-corrected chi connectivity index (χ1v) is 7.36. The van der Waals surface area contributed by atoms with Crippen molar-refractivity contribution in [2.45, 2.75) is 19.5 Å². The van der Waals surface area contributed by atoms with Crippen LogP contribution in [0.3, 0.4) is 0 Å². The molecule has 0 saturated heterocycles. The number of thiophene rings is 1. The quantitative estimate of drug-likeness (QED) is 0.928. The molecule has 1 aliphatic rings. The molecule has 1 aromatic carbocycles. The van der Waals surface area contributed by atoms with Crippen LogP contribution in [0.2, 0.25) is 0 Å². The molecular weight excluding hydrogens is 258 g/mol. The lowest BCUT2D eigenvalue weighted by molar-refractivity contribution is 0.171. The zero-order chi connectivity index (χ0) is 13.1. The molecule has 0 radical (unpaired) electrons. The number of fused-ring (bicyclic) bond motifs is 1. The van der Waals surface area contributed by atoms with Gasteiger partial charge in [-0.15, -0.1) is 11.3 Å². The fourth-order valence-electron chi connectivity index (χ4n) is 2.11. The predicted octanol–water partition coefficient (Wildman–Crippen LogP) is 3.37. The highest BCUT2D eigenvalue weighted by Gasteiger charge is 2.12. The first-order chi connectivity index (χ1) is 9.33. The lowest BCUT2D eigenvalue weighted by Crippen LogP contribution is -2.18. The third-order valence-corrected chi connectivity index (χ3v) is 4.24. The Balaban J connectivity index is 1.64. The first-order valence-electron chi connectivity index (χ1n) is 6.48. The smallest absolute Gasteiger partial charge is 0.161 e. The lowest BCUT2D eigenvalue weighted by atomic mass is 10.1. The van der Waals surface area contributed by atoms with E-state index in [4.69, 9.17) is 9.47 Å². The molecule has 3 nitrogen and oxygen atoms in total. The summed E-state index contributed by atoms with van der Waals surface area (Å²) in [7, 11) is 0. The maximum Gasteiger partial charge on any atom is 0.161 e. The Labute approximate surface area is 117 Å². The van der Waals surface area contributed by atoms with E-state index in [0.29, 0.717) is 19.3 Å². The lowest BCUT2D eigenvalue weighted by Gasteiger charge is -2.19. The summed E-state index contributed by atoms with van der Waals surface area (Å²) in [6.45, 7) is 4.29. The van der Waals surface area contributed by atoms with Gasteiger partial charge < -0.3 is 14.8 Å². The number of nitrogens with one attached hydrogen (secondary N) is 1. The first kappa shape index (κ1) is 12.5. The van der Waals surface area contributed by atoms with E-state index in [1.54, 1.807) is 11.3 Å². The molecule has 1 aliphatic heterocycles. The summed E-state index contributed by atoms with van der Waals surface area (Å²) in [6, 6.07) is 10.7. The van der Waals surface area contributed by atoms with Crippen LogP contribution < -0.4 is 14.8 Å². The SMILES string of the molecule is C[C@H](NCc1ccc2c(c1)OCCO2)c1cccs1. The van der Waals surface area contributed by atoms with Crippen LogP contribution in [0.5, 0.6) is 11.5 Å². The molecule has 0 bridgehead atoms. The largest absolute Gasteiger partial charge is 0.486 e. The van der Waals surface area contributed by atoms with Crippen LogP contribution in [0.4, 0.5) is 0 Å². The minimum absolute atomic E-state index is 0.369. The van der Waals surface area contributed by atoms with E-state index < -0.39 is 0 Å². The van der Waals surface area contributed by atoms with Crippen LogP contribution in [0.25, 0.3) is 0 Å². The minimum Gasteiger partial charge on any atom is -0.486 e. The van der Waals surface area contributed by atoms with Crippen molar-refractivity contribution in [3.63, 3.8) is 0 Å². The zero-order valence-electron chi connectivity index (χ0n) is 10.9. The van der Waals surface area contributed by atoms with Crippen LogP contribution in [-0.2, 0) is 6.54 Å². The third-order valence-electron chi connectivity index (χ3n) is 3.19. The summed E-state index contributed by atoms with van der Waals surface area (Å²) < 4.78 is 11.1.